The van der Waals surface area contributed by atoms with Gasteiger partial charge >= 0.3 is 0 Å². The van der Waals surface area contributed by atoms with Crippen LogP contribution in [0.4, 0.5) is 5.69 Å². The smallest absolute Gasteiger partial charge is 0.0610 e. The number of nitrogens with zero attached hydrogens (tertiary/aromatic N) is 1. The summed E-state index contributed by atoms with van der Waals surface area (Å²) in [7, 11) is 0. The third kappa shape index (κ3) is 1.98. The second-order valence-corrected chi connectivity index (χ2v) is 6.04. The molecule has 2 heteroatoms. The Bertz CT molecular complexity index is 847. The van der Waals surface area contributed by atoms with Gasteiger partial charge in [0.15, 0.2) is 0 Å². The van der Waals surface area contributed by atoms with E-state index in [9.17, 15) is 0 Å². The van der Waals surface area contributed by atoms with E-state index in [4.69, 9.17) is 0 Å². The summed E-state index contributed by atoms with van der Waals surface area (Å²) in [6, 6.07) is 8.85. The molecule has 0 radical (unpaired) electrons. The van der Waals surface area contributed by atoms with Gasteiger partial charge in [0.25, 0.3) is 0 Å². The fourth-order valence-corrected chi connectivity index (χ4v) is 3.58. The molecular formula is C19H20N2. The average Bonchev–Trinajstić information content (AvgIpc) is 3.13. The Hall–Kier alpha value is -2.09. The quantitative estimate of drug-likeness (QED) is 0.849. The highest BCUT2D eigenvalue weighted by Crippen LogP contribution is 2.28. The van der Waals surface area contributed by atoms with Crippen molar-refractivity contribution < 1.29 is 0 Å². The van der Waals surface area contributed by atoms with E-state index < -0.39 is 0 Å². The summed E-state index contributed by atoms with van der Waals surface area (Å²) in [4.78, 5) is 4.55. The summed E-state index contributed by atoms with van der Waals surface area (Å²) >= 11 is 0. The minimum atomic E-state index is 0.948. The average molecular weight is 276 g/mol. The molecule has 1 N–H and O–H groups in total. The van der Waals surface area contributed by atoms with E-state index in [0.29, 0.717) is 0 Å². The minimum absolute atomic E-state index is 0.948. The molecule has 2 aromatic rings. The number of rotatable bonds is 1. The molecule has 0 fully saturated rings. The van der Waals surface area contributed by atoms with Gasteiger partial charge in [-0.3, -0.25) is 4.99 Å². The lowest BCUT2D eigenvalue weighted by molar-refractivity contribution is 1.02. The van der Waals surface area contributed by atoms with Crippen molar-refractivity contribution in [3.05, 3.63) is 62.7 Å². The molecule has 0 atom stereocenters. The zero-order valence-corrected chi connectivity index (χ0v) is 12.7. The number of hydrogen-bond donors (Lipinski definition) is 1. The van der Waals surface area contributed by atoms with Crippen molar-refractivity contribution >= 4 is 11.8 Å². The molecule has 0 saturated carbocycles. The first-order valence-electron chi connectivity index (χ1n) is 7.75. The SMILES string of the molecule is Cc1c(/C=c2/ccc3c(c2C)CCN=3)ccc2c1CCN2. The topological polar surface area (TPSA) is 24.4 Å². The summed E-state index contributed by atoms with van der Waals surface area (Å²) in [6.45, 7) is 6.49. The Kier molecular flexibility index (Phi) is 2.85. The molecule has 2 aliphatic heterocycles. The second-order valence-electron chi connectivity index (χ2n) is 6.04. The van der Waals surface area contributed by atoms with Crippen molar-refractivity contribution in [2.75, 3.05) is 18.4 Å². The van der Waals surface area contributed by atoms with Crippen LogP contribution in [0.25, 0.3) is 6.08 Å². The highest BCUT2D eigenvalue weighted by atomic mass is 14.9. The van der Waals surface area contributed by atoms with E-state index in [0.717, 1.165) is 25.9 Å². The fourth-order valence-electron chi connectivity index (χ4n) is 3.58. The molecular weight excluding hydrogens is 256 g/mol. The predicted molar refractivity (Wildman–Crippen MR) is 87.5 cm³/mol. The van der Waals surface area contributed by atoms with Gasteiger partial charge in [-0.1, -0.05) is 12.1 Å². The summed E-state index contributed by atoms with van der Waals surface area (Å²) < 4.78 is 0. The Morgan fingerprint density at radius 1 is 1.00 bits per heavy atom. The van der Waals surface area contributed by atoms with Crippen LogP contribution in [0.5, 0.6) is 0 Å². The zero-order valence-electron chi connectivity index (χ0n) is 12.7. The molecule has 4 rings (SSSR count). The molecule has 21 heavy (non-hydrogen) atoms. The van der Waals surface area contributed by atoms with Crippen LogP contribution in [0, 0.1) is 13.8 Å². The molecule has 0 bridgehead atoms. The van der Waals surface area contributed by atoms with Gasteiger partial charge in [0, 0.05) is 18.8 Å². The van der Waals surface area contributed by atoms with Crippen molar-refractivity contribution in [2.24, 2.45) is 4.99 Å². The third-order valence-corrected chi connectivity index (χ3v) is 4.90. The molecule has 106 valence electrons. The maximum Gasteiger partial charge on any atom is 0.0610 e. The van der Waals surface area contributed by atoms with Gasteiger partial charge < -0.3 is 5.32 Å². The van der Waals surface area contributed by atoms with Gasteiger partial charge in [-0.25, -0.2) is 0 Å². The summed E-state index contributed by atoms with van der Waals surface area (Å²) in [5, 5.41) is 5.98. The van der Waals surface area contributed by atoms with Crippen molar-refractivity contribution in [1.82, 2.24) is 0 Å². The summed E-state index contributed by atoms with van der Waals surface area (Å²) in [5.74, 6) is 0. The lowest BCUT2D eigenvalue weighted by Crippen LogP contribution is -2.16. The first-order valence-corrected chi connectivity index (χ1v) is 7.75. The Morgan fingerprint density at radius 2 is 1.90 bits per heavy atom. The number of benzene rings is 2. The molecule has 0 aliphatic carbocycles. The molecule has 2 heterocycles. The Labute approximate surface area is 125 Å². The van der Waals surface area contributed by atoms with Gasteiger partial charge in [0.05, 0.1) is 5.36 Å². The molecule has 0 unspecified atom stereocenters. The van der Waals surface area contributed by atoms with Crippen LogP contribution in [0.2, 0.25) is 0 Å². The lowest BCUT2D eigenvalue weighted by atomic mass is 9.97. The van der Waals surface area contributed by atoms with Gasteiger partial charge in [-0.2, -0.15) is 0 Å². The van der Waals surface area contributed by atoms with Crippen LogP contribution in [0.1, 0.15) is 27.8 Å². The third-order valence-electron chi connectivity index (χ3n) is 4.90. The van der Waals surface area contributed by atoms with E-state index >= 15 is 0 Å². The van der Waals surface area contributed by atoms with E-state index in [2.05, 4.69) is 54.5 Å². The molecule has 0 spiro atoms. The van der Waals surface area contributed by atoms with E-state index in [1.165, 1.54) is 44.1 Å². The molecule has 2 aliphatic rings. The maximum atomic E-state index is 4.55. The van der Waals surface area contributed by atoms with Crippen molar-refractivity contribution in [1.29, 1.82) is 0 Å². The number of fused-ring (bicyclic) bond motifs is 2. The predicted octanol–water partition coefficient (Wildman–Crippen LogP) is 2.28. The number of nitrogens with one attached hydrogen (secondary N) is 1. The van der Waals surface area contributed by atoms with Gasteiger partial charge in [-0.05, 0) is 77.9 Å². The van der Waals surface area contributed by atoms with E-state index in [-0.39, 0.29) is 0 Å². The van der Waals surface area contributed by atoms with Crippen LogP contribution in [-0.2, 0) is 12.8 Å². The van der Waals surface area contributed by atoms with Crippen LogP contribution >= 0.6 is 0 Å². The van der Waals surface area contributed by atoms with Gasteiger partial charge in [0.2, 0.25) is 0 Å². The fraction of sp³-hybridized carbons (Fsp3) is 0.316. The standard InChI is InChI=1S/C19H20N2/c1-12-14(3-5-18-16(12)7-9-20-18)11-15-4-6-19-17(13(15)2)8-10-21-19/h3-6,11,20H,7-10H2,1-2H3/b15-11-. The molecule has 0 aromatic heterocycles. The molecule has 2 aromatic carbocycles. The Balaban J connectivity index is 1.89. The van der Waals surface area contributed by atoms with Crippen LogP contribution in [0.15, 0.2) is 29.3 Å². The zero-order chi connectivity index (χ0) is 14.4. The van der Waals surface area contributed by atoms with Crippen molar-refractivity contribution in [3.63, 3.8) is 0 Å². The normalized spacial score (nSPS) is 16.4. The van der Waals surface area contributed by atoms with Crippen LogP contribution in [-0.4, -0.2) is 13.1 Å². The number of hydrogen-bond acceptors (Lipinski definition) is 2. The van der Waals surface area contributed by atoms with E-state index in [1.807, 2.05) is 0 Å². The molecule has 0 saturated heterocycles. The second kappa shape index (κ2) is 4.73. The molecule has 2 nitrogen and oxygen atoms in total. The largest absolute Gasteiger partial charge is 0.384 e. The van der Waals surface area contributed by atoms with Crippen LogP contribution < -0.4 is 15.9 Å². The van der Waals surface area contributed by atoms with Crippen molar-refractivity contribution in [3.8, 4) is 0 Å². The number of anilines is 1. The van der Waals surface area contributed by atoms with Crippen molar-refractivity contribution in [2.45, 2.75) is 26.7 Å². The highest BCUT2D eigenvalue weighted by molar-refractivity contribution is 5.66. The van der Waals surface area contributed by atoms with Gasteiger partial charge in [-0.15, -0.1) is 0 Å². The summed E-state index contributed by atoms with van der Waals surface area (Å²) in [5.41, 5.74) is 8.39. The monoisotopic (exact) mass is 276 g/mol. The highest BCUT2D eigenvalue weighted by Gasteiger charge is 2.14. The van der Waals surface area contributed by atoms with Crippen LogP contribution in [0.3, 0.4) is 0 Å². The first-order chi connectivity index (χ1) is 10.2. The summed E-state index contributed by atoms with van der Waals surface area (Å²) in [6.07, 6.45) is 4.57. The minimum Gasteiger partial charge on any atom is -0.384 e. The van der Waals surface area contributed by atoms with E-state index in [1.54, 1.807) is 0 Å². The first kappa shape index (κ1) is 12.6. The Morgan fingerprint density at radius 3 is 2.81 bits per heavy atom. The lowest BCUT2D eigenvalue weighted by Gasteiger charge is -2.08. The molecule has 0 amide bonds. The van der Waals surface area contributed by atoms with Gasteiger partial charge in [0.1, 0.15) is 0 Å². The maximum absolute atomic E-state index is 4.55.